The van der Waals surface area contributed by atoms with Gasteiger partial charge in [-0.15, -0.1) is 0 Å². The maximum absolute atomic E-state index is 5.19. The zero-order valence-electron chi connectivity index (χ0n) is 7.00. The summed E-state index contributed by atoms with van der Waals surface area (Å²) in [7, 11) is 0. The molecule has 1 nitrogen and oxygen atoms in total. The Morgan fingerprint density at radius 2 is 2.42 bits per heavy atom. The molecule has 0 radical (unpaired) electrons. The van der Waals surface area contributed by atoms with Crippen LogP contribution in [0.25, 0.3) is 0 Å². The predicted octanol–water partition coefficient (Wildman–Crippen LogP) is 1.87. The molecule has 0 amide bonds. The Balaban J connectivity index is 2.30. The molecule has 1 heterocycles. The molecule has 0 N–H and O–H groups in total. The van der Waals surface area contributed by atoms with Crippen molar-refractivity contribution in [1.29, 1.82) is 0 Å². The van der Waals surface area contributed by atoms with E-state index in [4.69, 9.17) is 4.74 Å². The zero-order valence-corrected chi connectivity index (χ0v) is 7.00. The van der Waals surface area contributed by atoms with E-state index in [2.05, 4.69) is 23.7 Å². The molecule has 0 aliphatic carbocycles. The molecule has 0 bridgehead atoms. The third-order valence-corrected chi connectivity index (χ3v) is 1.37. The van der Waals surface area contributed by atoms with Gasteiger partial charge in [-0.05, 0) is 37.0 Å². The first-order chi connectivity index (χ1) is 5.93. The molecule has 1 rings (SSSR count). The van der Waals surface area contributed by atoms with Crippen LogP contribution < -0.4 is 0 Å². The van der Waals surface area contributed by atoms with Gasteiger partial charge in [-0.2, -0.15) is 0 Å². The molecule has 60 valence electrons. The molecular weight excluding hydrogens is 148 g/mol. The predicted molar refractivity (Wildman–Crippen MR) is 49.0 cm³/mol. The SMILES string of the molecule is CC#CC#CC=C[C@H]1CC=CO1. The van der Waals surface area contributed by atoms with E-state index in [0.717, 1.165) is 6.42 Å². The molecule has 0 aromatic heterocycles. The molecule has 0 spiro atoms. The largest absolute Gasteiger partial charge is 0.494 e. The van der Waals surface area contributed by atoms with Crippen LogP contribution in [0.1, 0.15) is 13.3 Å². The van der Waals surface area contributed by atoms with Crippen molar-refractivity contribution in [2.24, 2.45) is 0 Å². The Kier molecular flexibility index (Phi) is 3.61. The lowest BCUT2D eigenvalue weighted by molar-refractivity contribution is 0.214. The van der Waals surface area contributed by atoms with Gasteiger partial charge in [0.15, 0.2) is 0 Å². The second-order valence-electron chi connectivity index (χ2n) is 2.29. The minimum atomic E-state index is 0.175. The molecule has 0 unspecified atom stereocenters. The van der Waals surface area contributed by atoms with Crippen LogP contribution in [0.4, 0.5) is 0 Å². The quantitative estimate of drug-likeness (QED) is 0.529. The van der Waals surface area contributed by atoms with Crippen molar-refractivity contribution < 1.29 is 4.74 Å². The third kappa shape index (κ3) is 2.99. The first-order valence-corrected chi connectivity index (χ1v) is 3.83. The van der Waals surface area contributed by atoms with Gasteiger partial charge in [0.1, 0.15) is 6.10 Å². The van der Waals surface area contributed by atoms with Crippen LogP contribution in [0.3, 0.4) is 0 Å². The minimum absolute atomic E-state index is 0.175. The summed E-state index contributed by atoms with van der Waals surface area (Å²) in [4.78, 5) is 0. The maximum Gasteiger partial charge on any atom is 0.120 e. The zero-order chi connectivity index (χ0) is 8.65. The molecule has 12 heavy (non-hydrogen) atoms. The van der Waals surface area contributed by atoms with E-state index in [1.165, 1.54) is 0 Å². The molecule has 1 aliphatic rings. The van der Waals surface area contributed by atoms with Crippen molar-refractivity contribution >= 4 is 0 Å². The van der Waals surface area contributed by atoms with Gasteiger partial charge in [-0.3, -0.25) is 0 Å². The summed E-state index contributed by atoms with van der Waals surface area (Å²) in [5, 5.41) is 0. The van der Waals surface area contributed by atoms with E-state index in [1.54, 1.807) is 19.3 Å². The number of hydrogen-bond donors (Lipinski definition) is 0. The third-order valence-electron chi connectivity index (χ3n) is 1.37. The highest BCUT2D eigenvalue weighted by atomic mass is 16.5. The second-order valence-corrected chi connectivity index (χ2v) is 2.29. The van der Waals surface area contributed by atoms with Crippen LogP contribution >= 0.6 is 0 Å². The fourth-order valence-electron chi connectivity index (χ4n) is 0.821. The lowest BCUT2D eigenvalue weighted by Crippen LogP contribution is -1.97. The topological polar surface area (TPSA) is 9.23 Å². The van der Waals surface area contributed by atoms with E-state index in [9.17, 15) is 0 Å². The lowest BCUT2D eigenvalue weighted by atomic mass is 10.2. The van der Waals surface area contributed by atoms with Crippen molar-refractivity contribution in [3.05, 3.63) is 24.5 Å². The van der Waals surface area contributed by atoms with Gasteiger partial charge in [0.2, 0.25) is 0 Å². The molecule has 0 saturated carbocycles. The van der Waals surface area contributed by atoms with Crippen molar-refractivity contribution in [2.75, 3.05) is 0 Å². The number of rotatable bonds is 1. The summed E-state index contributed by atoms with van der Waals surface area (Å²) in [6, 6.07) is 0. The fourth-order valence-corrected chi connectivity index (χ4v) is 0.821. The molecule has 0 aromatic carbocycles. The summed E-state index contributed by atoms with van der Waals surface area (Å²) < 4.78 is 5.19. The molecular formula is C11H10O. The second kappa shape index (κ2) is 5.10. The fraction of sp³-hybridized carbons (Fsp3) is 0.273. The van der Waals surface area contributed by atoms with Gasteiger partial charge < -0.3 is 4.74 Å². The van der Waals surface area contributed by atoms with Crippen LogP contribution in [0.5, 0.6) is 0 Å². The summed E-state index contributed by atoms with van der Waals surface area (Å²) in [6.07, 6.45) is 8.54. The van der Waals surface area contributed by atoms with E-state index in [1.807, 2.05) is 12.2 Å². The van der Waals surface area contributed by atoms with E-state index >= 15 is 0 Å². The smallest absolute Gasteiger partial charge is 0.120 e. The minimum Gasteiger partial charge on any atom is -0.494 e. The van der Waals surface area contributed by atoms with Crippen LogP contribution in [0, 0.1) is 23.7 Å². The van der Waals surface area contributed by atoms with E-state index in [-0.39, 0.29) is 6.10 Å². The van der Waals surface area contributed by atoms with Gasteiger partial charge in [0.25, 0.3) is 0 Å². The number of allylic oxidation sites excluding steroid dienone is 1. The van der Waals surface area contributed by atoms with Crippen molar-refractivity contribution in [2.45, 2.75) is 19.4 Å². The summed E-state index contributed by atoms with van der Waals surface area (Å²) >= 11 is 0. The molecule has 1 aliphatic heterocycles. The Hall–Kier alpha value is -1.60. The van der Waals surface area contributed by atoms with Crippen molar-refractivity contribution in [3.8, 4) is 23.7 Å². The first kappa shape index (κ1) is 8.50. The highest BCUT2D eigenvalue weighted by Crippen LogP contribution is 2.08. The standard InChI is InChI=1S/C11H10O/c1-2-3-4-5-6-8-11-9-7-10-12-11/h6-8,10-11H,9H2,1H3/t11-/m0/s1. The van der Waals surface area contributed by atoms with Gasteiger partial charge in [0, 0.05) is 6.42 Å². The first-order valence-electron chi connectivity index (χ1n) is 3.83. The summed E-state index contributed by atoms with van der Waals surface area (Å²) in [5.41, 5.74) is 0. The van der Waals surface area contributed by atoms with Crippen LogP contribution in [0.2, 0.25) is 0 Å². The Bertz CT molecular complexity index is 293. The Labute approximate surface area is 73.1 Å². The van der Waals surface area contributed by atoms with E-state index < -0.39 is 0 Å². The Morgan fingerprint density at radius 3 is 3.08 bits per heavy atom. The van der Waals surface area contributed by atoms with Gasteiger partial charge in [0.05, 0.1) is 6.26 Å². The van der Waals surface area contributed by atoms with Crippen LogP contribution in [-0.4, -0.2) is 6.10 Å². The number of ether oxygens (including phenoxy) is 1. The normalized spacial score (nSPS) is 19.2. The van der Waals surface area contributed by atoms with Gasteiger partial charge in [-0.1, -0.05) is 11.8 Å². The maximum atomic E-state index is 5.19. The number of hydrogen-bond acceptors (Lipinski definition) is 1. The summed E-state index contributed by atoms with van der Waals surface area (Å²) in [6.45, 7) is 1.77. The van der Waals surface area contributed by atoms with Crippen LogP contribution in [-0.2, 0) is 4.74 Å². The van der Waals surface area contributed by atoms with Crippen molar-refractivity contribution in [1.82, 2.24) is 0 Å². The van der Waals surface area contributed by atoms with Gasteiger partial charge in [-0.25, -0.2) is 0 Å². The lowest BCUT2D eigenvalue weighted by Gasteiger charge is -2.00. The molecule has 1 heteroatoms. The molecule has 0 saturated heterocycles. The van der Waals surface area contributed by atoms with E-state index in [0.29, 0.717) is 0 Å². The molecule has 0 aromatic rings. The van der Waals surface area contributed by atoms with Gasteiger partial charge >= 0.3 is 0 Å². The highest BCUT2D eigenvalue weighted by molar-refractivity contribution is 5.30. The Morgan fingerprint density at radius 1 is 1.50 bits per heavy atom. The molecule has 0 fully saturated rings. The molecule has 1 atom stereocenters. The summed E-state index contributed by atoms with van der Waals surface area (Å²) in [5.74, 6) is 10.8. The average molecular weight is 158 g/mol. The monoisotopic (exact) mass is 158 g/mol. The highest BCUT2D eigenvalue weighted by Gasteiger charge is 2.04. The average Bonchev–Trinajstić information content (AvgIpc) is 2.57. The van der Waals surface area contributed by atoms with Crippen molar-refractivity contribution in [3.63, 3.8) is 0 Å². The van der Waals surface area contributed by atoms with Crippen LogP contribution in [0.15, 0.2) is 24.5 Å².